The third-order valence-corrected chi connectivity index (χ3v) is 3.78. The molecule has 0 aliphatic carbocycles. The molecule has 0 aromatic heterocycles. The largest absolute Gasteiger partial charge is 0.481 e. The van der Waals surface area contributed by atoms with Crippen molar-refractivity contribution in [2.45, 2.75) is 33.3 Å². The van der Waals surface area contributed by atoms with Crippen molar-refractivity contribution in [2.75, 3.05) is 5.32 Å². The highest BCUT2D eigenvalue weighted by Gasteiger charge is 2.18. The van der Waals surface area contributed by atoms with Crippen LogP contribution in [0.3, 0.4) is 0 Å². The fraction of sp³-hybridized carbons (Fsp3) is 0.278. The van der Waals surface area contributed by atoms with Crippen LogP contribution in [0, 0.1) is 13.8 Å². The molecule has 0 radical (unpaired) electrons. The number of rotatable bonds is 5. The van der Waals surface area contributed by atoms with Gasteiger partial charge in [-0.25, -0.2) is 0 Å². The molecule has 0 heterocycles. The topological polar surface area (TPSA) is 38.3 Å². The zero-order valence-electron chi connectivity index (χ0n) is 13.0. The molecule has 0 saturated heterocycles. The first-order chi connectivity index (χ1) is 10.5. The number of benzene rings is 2. The van der Waals surface area contributed by atoms with Crippen molar-refractivity contribution in [1.82, 2.24) is 0 Å². The number of halogens is 1. The molecule has 1 N–H and O–H groups in total. The van der Waals surface area contributed by atoms with E-state index in [0.717, 1.165) is 11.3 Å². The summed E-state index contributed by atoms with van der Waals surface area (Å²) >= 11 is 5.84. The molecule has 0 fully saturated rings. The van der Waals surface area contributed by atoms with E-state index in [9.17, 15) is 4.79 Å². The lowest BCUT2D eigenvalue weighted by Gasteiger charge is -2.17. The van der Waals surface area contributed by atoms with E-state index in [2.05, 4.69) is 5.32 Å². The molecule has 116 valence electrons. The highest BCUT2D eigenvalue weighted by atomic mass is 35.5. The Labute approximate surface area is 136 Å². The number of nitrogens with one attached hydrogen (secondary N) is 1. The number of hydrogen-bond donors (Lipinski definition) is 1. The fourth-order valence-electron chi connectivity index (χ4n) is 2.04. The van der Waals surface area contributed by atoms with Gasteiger partial charge in [0, 0.05) is 10.7 Å². The molecule has 0 saturated carbocycles. The van der Waals surface area contributed by atoms with Gasteiger partial charge in [0.2, 0.25) is 0 Å². The Balaban J connectivity index is 2.04. The van der Waals surface area contributed by atoms with Crippen molar-refractivity contribution in [3.63, 3.8) is 0 Å². The average molecular weight is 318 g/mol. The van der Waals surface area contributed by atoms with Crippen LogP contribution in [0.15, 0.2) is 42.5 Å². The maximum absolute atomic E-state index is 12.3. The highest BCUT2D eigenvalue weighted by molar-refractivity contribution is 6.30. The van der Waals surface area contributed by atoms with E-state index in [0.29, 0.717) is 17.2 Å². The van der Waals surface area contributed by atoms with E-state index in [1.165, 1.54) is 5.56 Å². The van der Waals surface area contributed by atoms with Gasteiger partial charge in [-0.2, -0.15) is 0 Å². The Bertz CT molecular complexity index is 653. The Morgan fingerprint density at radius 1 is 1.14 bits per heavy atom. The molecule has 0 bridgehead atoms. The predicted octanol–water partition coefficient (Wildman–Crippen LogP) is 4.75. The second-order valence-corrected chi connectivity index (χ2v) is 5.69. The normalized spacial score (nSPS) is 11.8. The lowest BCUT2D eigenvalue weighted by Crippen LogP contribution is -2.32. The van der Waals surface area contributed by atoms with Crippen molar-refractivity contribution < 1.29 is 9.53 Å². The quantitative estimate of drug-likeness (QED) is 0.864. The van der Waals surface area contributed by atoms with Crippen LogP contribution in [0.1, 0.15) is 24.5 Å². The van der Waals surface area contributed by atoms with E-state index >= 15 is 0 Å². The maximum atomic E-state index is 12.3. The lowest BCUT2D eigenvalue weighted by atomic mass is 10.1. The van der Waals surface area contributed by atoms with E-state index < -0.39 is 6.10 Å². The number of ether oxygens (including phenoxy) is 1. The minimum absolute atomic E-state index is 0.152. The molecule has 4 heteroatoms. The SMILES string of the molecule is CCC(Oc1ccc(Cl)cc1)C(=O)Nc1ccc(C)c(C)c1. The average Bonchev–Trinajstić information content (AvgIpc) is 2.50. The third-order valence-electron chi connectivity index (χ3n) is 3.53. The van der Waals surface area contributed by atoms with Gasteiger partial charge < -0.3 is 10.1 Å². The van der Waals surface area contributed by atoms with E-state index in [1.54, 1.807) is 24.3 Å². The standard InChI is InChI=1S/C18H20ClNO2/c1-4-17(22-16-9-6-14(19)7-10-16)18(21)20-15-8-5-12(2)13(3)11-15/h5-11,17H,4H2,1-3H3,(H,20,21). The first-order valence-electron chi connectivity index (χ1n) is 7.30. The number of carbonyl (C=O) groups is 1. The molecule has 3 nitrogen and oxygen atoms in total. The molecular weight excluding hydrogens is 298 g/mol. The molecule has 0 aliphatic heterocycles. The summed E-state index contributed by atoms with van der Waals surface area (Å²) in [7, 11) is 0. The van der Waals surface area contributed by atoms with E-state index in [1.807, 2.05) is 39.0 Å². The minimum Gasteiger partial charge on any atom is -0.481 e. The van der Waals surface area contributed by atoms with E-state index in [4.69, 9.17) is 16.3 Å². The van der Waals surface area contributed by atoms with Crippen LogP contribution in [-0.2, 0) is 4.79 Å². The zero-order chi connectivity index (χ0) is 16.1. The number of amides is 1. The summed E-state index contributed by atoms with van der Waals surface area (Å²) in [5, 5.41) is 3.54. The second-order valence-electron chi connectivity index (χ2n) is 5.26. The summed E-state index contributed by atoms with van der Waals surface area (Å²) in [6, 6.07) is 12.8. The monoisotopic (exact) mass is 317 g/mol. The van der Waals surface area contributed by atoms with Crippen molar-refractivity contribution in [3.8, 4) is 5.75 Å². The Hall–Kier alpha value is -2.00. The van der Waals surface area contributed by atoms with Crippen LogP contribution in [0.25, 0.3) is 0 Å². The van der Waals surface area contributed by atoms with E-state index in [-0.39, 0.29) is 5.91 Å². The van der Waals surface area contributed by atoms with Crippen LogP contribution in [-0.4, -0.2) is 12.0 Å². The number of hydrogen-bond acceptors (Lipinski definition) is 2. The summed E-state index contributed by atoms with van der Waals surface area (Å²) < 4.78 is 5.74. The molecule has 1 atom stereocenters. The van der Waals surface area contributed by atoms with Crippen molar-refractivity contribution in [3.05, 3.63) is 58.6 Å². The zero-order valence-corrected chi connectivity index (χ0v) is 13.8. The predicted molar refractivity (Wildman–Crippen MR) is 90.7 cm³/mol. The van der Waals surface area contributed by atoms with Crippen LogP contribution in [0.2, 0.25) is 5.02 Å². The fourth-order valence-corrected chi connectivity index (χ4v) is 2.17. The summed E-state index contributed by atoms with van der Waals surface area (Å²) in [6.07, 6.45) is 0.0436. The van der Waals surface area contributed by atoms with Crippen LogP contribution >= 0.6 is 11.6 Å². The van der Waals surface area contributed by atoms with Gasteiger partial charge in [0.15, 0.2) is 6.10 Å². The summed E-state index contributed by atoms with van der Waals surface area (Å²) in [4.78, 5) is 12.3. The molecule has 2 aromatic carbocycles. The van der Waals surface area contributed by atoms with Crippen molar-refractivity contribution in [2.24, 2.45) is 0 Å². The van der Waals surface area contributed by atoms with Gasteiger partial charge in [-0.3, -0.25) is 4.79 Å². The second kappa shape index (κ2) is 7.32. The maximum Gasteiger partial charge on any atom is 0.265 e. The first kappa shape index (κ1) is 16.4. The van der Waals surface area contributed by atoms with Gasteiger partial charge in [0.25, 0.3) is 5.91 Å². The molecule has 2 aromatic rings. The van der Waals surface area contributed by atoms with Gasteiger partial charge in [-0.1, -0.05) is 24.6 Å². The summed E-state index contributed by atoms with van der Waals surface area (Å²) in [5.74, 6) is 0.479. The molecular formula is C18H20ClNO2. The number of anilines is 1. The third kappa shape index (κ3) is 4.25. The first-order valence-corrected chi connectivity index (χ1v) is 7.67. The molecule has 0 aliphatic rings. The molecule has 1 unspecified atom stereocenters. The Morgan fingerprint density at radius 3 is 2.41 bits per heavy atom. The van der Waals surface area contributed by atoms with Gasteiger partial charge in [0.05, 0.1) is 0 Å². The molecule has 1 amide bonds. The summed E-state index contributed by atoms with van der Waals surface area (Å²) in [6.45, 7) is 5.98. The lowest BCUT2D eigenvalue weighted by molar-refractivity contribution is -0.122. The van der Waals surface area contributed by atoms with Crippen molar-refractivity contribution >= 4 is 23.2 Å². The Kier molecular flexibility index (Phi) is 5.45. The summed E-state index contributed by atoms with van der Waals surface area (Å²) in [5.41, 5.74) is 3.12. The van der Waals surface area contributed by atoms with Crippen LogP contribution in [0.5, 0.6) is 5.75 Å². The van der Waals surface area contributed by atoms with Crippen LogP contribution in [0.4, 0.5) is 5.69 Å². The number of carbonyl (C=O) groups excluding carboxylic acids is 1. The molecule has 22 heavy (non-hydrogen) atoms. The molecule has 0 spiro atoms. The molecule has 2 rings (SSSR count). The highest BCUT2D eigenvalue weighted by Crippen LogP contribution is 2.19. The minimum atomic E-state index is -0.539. The smallest absolute Gasteiger partial charge is 0.265 e. The van der Waals surface area contributed by atoms with Crippen molar-refractivity contribution in [1.29, 1.82) is 0 Å². The van der Waals surface area contributed by atoms with Gasteiger partial charge in [0.1, 0.15) is 5.75 Å². The van der Waals surface area contributed by atoms with Gasteiger partial charge in [-0.15, -0.1) is 0 Å². The Morgan fingerprint density at radius 2 is 1.82 bits per heavy atom. The van der Waals surface area contributed by atoms with Gasteiger partial charge in [-0.05, 0) is 67.8 Å². The van der Waals surface area contributed by atoms with Gasteiger partial charge >= 0.3 is 0 Å². The number of aryl methyl sites for hydroxylation is 2. The van der Waals surface area contributed by atoms with Crippen LogP contribution < -0.4 is 10.1 Å².